The number of nitrogens with zero attached hydrogens (tertiary/aromatic N) is 1. The lowest BCUT2D eigenvalue weighted by atomic mass is 10.2. The SMILES string of the molecule is CC.COCCNc1cncc(NC(=O)OC(C)(C)C)c1C=N. The van der Waals surface area contributed by atoms with Crippen LogP contribution in [0.25, 0.3) is 0 Å². The van der Waals surface area contributed by atoms with Gasteiger partial charge in [-0.2, -0.15) is 0 Å². The third-order valence-corrected chi connectivity index (χ3v) is 2.39. The highest BCUT2D eigenvalue weighted by Gasteiger charge is 2.17. The quantitative estimate of drug-likeness (QED) is 0.549. The molecule has 0 saturated heterocycles. The van der Waals surface area contributed by atoms with E-state index in [1.54, 1.807) is 34.1 Å². The lowest BCUT2D eigenvalue weighted by Crippen LogP contribution is -2.27. The van der Waals surface area contributed by atoms with Crippen LogP contribution in [0.15, 0.2) is 12.4 Å². The minimum Gasteiger partial charge on any atom is -0.444 e. The van der Waals surface area contributed by atoms with Crippen molar-refractivity contribution < 1.29 is 14.3 Å². The average molecular weight is 324 g/mol. The van der Waals surface area contributed by atoms with Crippen LogP contribution < -0.4 is 10.6 Å². The predicted molar refractivity (Wildman–Crippen MR) is 93.7 cm³/mol. The van der Waals surface area contributed by atoms with Crippen LogP contribution in [0.2, 0.25) is 0 Å². The largest absolute Gasteiger partial charge is 0.444 e. The summed E-state index contributed by atoms with van der Waals surface area (Å²) >= 11 is 0. The van der Waals surface area contributed by atoms with E-state index in [1.807, 2.05) is 13.8 Å². The summed E-state index contributed by atoms with van der Waals surface area (Å²) in [6, 6.07) is 0. The molecule has 1 heterocycles. The van der Waals surface area contributed by atoms with Crippen molar-refractivity contribution in [3.63, 3.8) is 0 Å². The number of ether oxygens (including phenoxy) is 2. The van der Waals surface area contributed by atoms with Gasteiger partial charge in [0.05, 0.1) is 30.4 Å². The highest BCUT2D eigenvalue weighted by atomic mass is 16.6. The van der Waals surface area contributed by atoms with Crippen LogP contribution >= 0.6 is 0 Å². The molecule has 0 fully saturated rings. The summed E-state index contributed by atoms with van der Waals surface area (Å²) < 4.78 is 10.1. The molecule has 7 heteroatoms. The zero-order valence-electron chi connectivity index (χ0n) is 14.8. The number of rotatable bonds is 6. The van der Waals surface area contributed by atoms with Crippen LogP contribution in [0.4, 0.5) is 16.2 Å². The first-order valence-electron chi connectivity index (χ1n) is 7.58. The van der Waals surface area contributed by atoms with Crippen LogP contribution in [0.3, 0.4) is 0 Å². The molecule has 23 heavy (non-hydrogen) atoms. The van der Waals surface area contributed by atoms with Crippen molar-refractivity contribution in [1.29, 1.82) is 5.41 Å². The first-order chi connectivity index (χ1) is 10.9. The van der Waals surface area contributed by atoms with E-state index in [2.05, 4.69) is 15.6 Å². The summed E-state index contributed by atoms with van der Waals surface area (Å²) in [6.45, 7) is 10.5. The van der Waals surface area contributed by atoms with E-state index in [4.69, 9.17) is 14.9 Å². The number of amides is 1. The Bertz CT molecular complexity index is 499. The van der Waals surface area contributed by atoms with Crippen molar-refractivity contribution in [3.05, 3.63) is 18.0 Å². The second kappa shape index (κ2) is 10.6. The van der Waals surface area contributed by atoms with E-state index in [1.165, 1.54) is 6.20 Å². The molecule has 1 rings (SSSR count). The summed E-state index contributed by atoms with van der Waals surface area (Å²) in [4.78, 5) is 15.8. The molecule has 0 aliphatic rings. The molecule has 0 aromatic carbocycles. The Balaban J connectivity index is 0.00000232. The van der Waals surface area contributed by atoms with Gasteiger partial charge >= 0.3 is 6.09 Å². The van der Waals surface area contributed by atoms with E-state index in [0.29, 0.717) is 30.1 Å². The highest BCUT2D eigenvalue weighted by molar-refractivity contribution is 5.98. The molecule has 130 valence electrons. The minimum absolute atomic E-state index is 0.418. The van der Waals surface area contributed by atoms with Crippen LogP contribution in [0.1, 0.15) is 40.2 Å². The smallest absolute Gasteiger partial charge is 0.412 e. The number of anilines is 2. The number of nitrogens with one attached hydrogen (secondary N) is 3. The van der Waals surface area contributed by atoms with Gasteiger partial charge in [0, 0.05) is 25.4 Å². The monoisotopic (exact) mass is 324 g/mol. The normalized spacial score (nSPS) is 10.2. The first kappa shape index (κ1) is 20.9. The van der Waals surface area contributed by atoms with Crippen molar-refractivity contribution in [2.24, 2.45) is 0 Å². The van der Waals surface area contributed by atoms with Crippen LogP contribution in [0, 0.1) is 5.41 Å². The Kier molecular flexibility index (Phi) is 9.57. The van der Waals surface area contributed by atoms with Crippen LogP contribution in [-0.4, -0.2) is 43.2 Å². The molecule has 0 aliphatic carbocycles. The number of aromatic nitrogens is 1. The fourth-order valence-corrected chi connectivity index (χ4v) is 1.57. The van der Waals surface area contributed by atoms with E-state index < -0.39 is 11.7 Å². The molecule has 0 atom stereocenters. The molecule has 1 aromatic heterocycles. The number of carbonyl (C=O) groups is 1. The average Bonchev–Trinajstić information content (AvgIpc) is 2.48. The third-order valence-electron chi connectivity index (χ3n) is 2.39. The van der Waals surface area contributed by atoms with Gasteiger partial charge in [-0.1, -0.05) is 13.8 Å². The van der Waals surface area contributed by atoms with Crippen molar-refractivity contribution in [2.75, 3.05) is 30.9 Å². The Morgan fingerprint density at radius 3 is 2.43 bits per heavy atom. The van der Waals surface area contributed by atoms with Gasteiger partial charge < -0.3 is 20.2 Å². The van der Waals surface area contributed by atoms with Gasteiger partial charge in [-0.15, -0.1) is 0 Å². The molecule has 0 saturated carbocycles. The fourth-order valence-electron chi connectivity index (χ4n) is 1.57. The maximum Gasteiger partial charge on any atom is 0.412 e. The lowest BCUT2D eigenvalue weighted by Gasteiger charge is -2.20. The first-order valence-corrected chi connectivity index (χ1v) is 7.58. The van der Waals surface area contributed by atoms with Gasteiger partial charge in [0.25, 0.3) is 0 Å². The van der Waals surface area contributed by atoms with Crippen LogP contribution in [0.5, 0.6) is 0 Å². The summed E-state index contributed by atoms with van der Waals surface area (Å²) in [5, 5.41) is 13.2. The molecule has 0 bridgehead atoms. The minimum atomic E-state index is -0.587. The van der Waals surface area contributed by atoms with Gasteiger partial charge in [0.1, 0.15) is 5.60 Å². The maximum atomic E-state index is 11.8. The molecular formula is C16H28N4O3. The molecule has 0 spiro atoms. The summed E-state index contributed by atoms with van der Waals surface area (Å²) in [5.74, 6) is 0. The number of methoxy groups -OCH3 is 1. The Morgan fingerprint density at radius 1 is 1.30 bits per heavy atom. The molecule has 7 nitrogen and oxygen atoms in total. The van der Waals surface area contributed by atoms with Gasteiger partial charge in [0.2, 0.25) is 0 Å². The highest BCUT2D eigenvalue weighted by Crippen LogP contribution is 2.21. The number of carbonyl (C=O) groups excluding carboxylic acids is 1. The van der Waals surface area contributed by atoms with E-state index in [0.717, 1.165) is 6.21 Å². The molecule has 1 amide bonds. The maximum absolute atomic E-state index is 11.8. The number of pyridine rings is 1. The zero-order chi connectivity index (χ0) is 17.9. The van der Waals surface area contributed by atoms with Crippen molar-refractivity contribution in [2.45, 2.75) is 40.2 Å². The van der Waals surface area contributed by atoms with Gasteiger partial charge in [0.15, 0.2) is 0 Å². The lowest BCUT2D eigenvalue weighted by molar-refractivity contribution is 0.0636. The standard InChI is InChI=1S/C14H22N4O3.C2H6/c1-14(2,3)21-13(19)18-12-9-16-8-11(10(12)7-15)17-5-6-20-4;1-2/h7-9,15,17H,5-6H2,1-4H3,(H,18,19);1-2H3. The van der Waals surface area contributed by atoms with Crippen molar-refractivity contribution in [1.82, 2.24) is 4.98 Å². The fraction of sp³-hybridized carbons (Fsp3) is 0.562. The molecule has 0 unspecified atom stereocenters. The molecule has 0 aliphatic heterocycles. The van der Waals surface area contributed by atoms with E-state index in [-0.39, 0.29) is 0 Å². The second-order valence-corrected chi connectivity index (χ2v) is 5.34. The summed E-state index contributed by atoms with van der Waals surface area (Å²) in [7, 11) is 1.61. The molecule has 0 radical (unpaired) electrons. The summed E-state index contributed by atoms with van der Waals surface area (Å²) in [6.07, 6.45) is 3.65. The Morgan fingerprint density at radius 2 is 1.91 bits per heavy atom. The van der Waals surface area contributed by atoms with Crippen LogP contribution in [-0.2, 0) is 9.47 Å². The Labute approximate surface area is 138 Å². The van der Waals surface area contributed by atoms with Gasteiger partial charge in [-0.3, -0.25) is 10.3 Å². The summed E-state index contributed by atoms with van der Waals surface area (Å²) in [5.41, 5.74) is 1.01. The topological polar surface area (TPSA) is 96.3 Å². The second-order valence-electron chi connectivity index (χ2n) is 5.34. The van der Waals surface area contributed by atoms with E-state index in [9.17, 15) is 4.79 Å². The van der Waals surface area contributed by atoms with Gasteiger partial charge in [-0.25, -0.2) is 4.79 Å². The third kappa shape index (κ3) is 8.15. The number of hydrogen-bond acceptors (Lipinski definition) is 6. The predicted octanol–water partition coefficient (Wildman–Crippen LogP) is 3.51. The van der Waals surface area contributed by atoms with Gasteiger partial charge in [-0.05, 0) is 20.8 Å². The Hall–Kier alpha value is -2.15. The molecule has 1 aromatic rings. The molecule has 3 N–H and O–H groups in total. The molecular weight excluding hydrogens is 296 g/mol. The zero-order valence-corrected chi connectivity index (χ0v) is 14.8. The van der Waals surface area contributed by atoms with Crippen molar-refractivity contribution >= 4 is 23.7 Å². The van der Waals surface area contributed by atoms with Crippen molar-refractivity contribution in [3.8, 4) is 0 Å². The van der Waals surface area contributed by atoms with E-state index >= 15 is 0 Å². The number of hydrogen-bond donors (Lipinski definition) is 3.